The summed E-state index contributed by atoms with van der Waals surface area (Å²) in [7, 11) is 0. The Kier molecular flexibility index (Phi) is 5.59. The first-order valence-electron chi connectivity index (χ1n) is 9.06. The van der Waals surface area contributed by atoms with Gasteiger partial charge < -0.3 is 4.90 Å². The number of halogens is 2. The number of nitrogens with zero attached hydrogens (tertiary/aromatic N) is 3. The molecule has 0 aliphatic carbocycles. The summed E-state index contributed by atoms with van der Waals surface area (Å²) >= 11 is 0. The zero-order chi connectivity index (χ0) is 18.7. The second kappa shape index (κ2) is 7.89. The fourth-order valence-electron chi connectivity index (χ4n) is 3.49. The lowest BCUT2D eigenvalue weighted by Crippen LogP contribution is -2.40. The number of anilines is 1. The van der Waals surface area contributed by atoms with Crippen LogP contribution in [0.3, 0.4) is 0 Å². The molecule has 1 saturated heterocycles. The topological polar surface area (TPSA) is 46.1 Å². The SMILES string of the molecule is CCCc1cnc(C)nc1N1CCC[C@@H](C(=O)c2cc(F)ccc2F)C1. The number of aromatic nitrogens is 2. The zero-order valence-corrected chi connectivity index (χ0v) is 15.1. The van der Waals surface area contributed by atoms with E-state index in [-0.39, 0.29) is 17.3 Å². The summed E-state index contributed by atoms with van der Waals surface area (Å²) in [6.07, 6.45) is 5.16. The maximum Gasteiger partial charge on any atom is 0.170 e. The van der Waals surface area contributed by atoms with Gasteiger partial charge in [0, 0.05) is 30.8 Å². The van der Waals surface area contributed by atoms with Crippen molar-refractivity contribution in [1.29, 1.82) is 0 Å². The van der Waals surface area contributed by atoms with E-state index in [2.05, 4.69) is 21.8 Å². The molecule has 1 atom stereocenters. The van der Waals surface area contributed by atoms with Crippen LogP contribution in [-0.4, -0.2) is 28.8 Å². The molecule has 1 aliphatic rings. The number of hydrogen-bond acceptors (Lipinski definition) is 4. The van der Waals surface area contributed by atoms with Gasteiger partial charge in [0.2, 0.25) is 0 Å². The number of piperidine rings is 1. The molecule has 0 unspecified atom stereocenters. The summed E-state index contributed by atoms with van der Waals surface area (Å²) in [5.74, 6) is -0.433. The highest BCUT2D eigenvalue weighted by Gasteiger charge is 2.30. The molecule has 1 aromatic carbocycles. The van der Waals surface area contributed by atoms with Crippen LogP contribution in [0.2, 0.25) is 0 Å². The van der Waals surface area contributed by atoms with Gasteiger partial charge in [0.1, 0.15) is 23.3 Å². The van der Waals surface area contributed by atoms with E-state index in [1.54, 1.807) is 0 Å². The predicted molar refractivity (Wildman–Crippen MR) is 96.4 cm³/mol. The Bertz CT molecular complexity index is 810. The molecule has 6 heteroatoms. The van der Waals surface area contributed by atoms with Gasteiger partial charge in [-0.15, -0.1) is 0 Å². The minimum atomic E-state index is -0.668. The number of aryl methyl sites for hydroxylation is 2. The van der Waals surface area contributed by atoms with Crippen molar-refractivity contribution < 1.29 is 13.6 Å². The first kappa shape index (κ1) is 18.4. The molecule has 1 aromatic heterocycles. The molecule has 2 heterocycles. The first-order chi connectivity index (χ1) is 12.5. The van der Waals surface area contributed by atoms with Crippen LogP contribution in [0.4, 0.5) is 14.6 Å². The highest BCUT2D eigenvalue weighted by atomic mass is 19.1. The summed E-state index contributed by atoms with van der Waals surface area (Å²) < 4.78 is 27.4. The third-order valence-electron chi connectivity index (χ3n) is 4.77. The van der Waals surface area contributed by atoms with E-state index in [0.717, 1.165) is 55.4 Å². The Hall–Kier alpha value is -2.37. The summed E-state index contributed by atoms with van der Waals surface area (Å²) in [5.41, 5.74) is 0.896. The average Bonchev–Trinajstić information content (AvgIpc) is 2.65. The highest BCUT2D eigenvalue weighted by molar-refractivity contribution is 5.98. The van der Waals surface area contributed by atoms with E-state index in [4.69, 9.17) is 0 Å². The van der Waals surface area contributed by atoms with E-state index in [0.29, 0.717) is 18.8 Å². The maximum absolute atomic E-state index is 14.0. The van der Waals surface area contributed by atoms with E-state index in [1.165, 1.54) is 0 Å². The van der Waals surface area contributed by atoms with Gasteiger partial charge in [-0.25, -0.2) is 18.7 Å². The molecule has 0 saturated carbocycles. The molecule has 0 bridgehead atoms. The average molecular weight is 359 g/mol. The molecule has 0 radical (unpaired) electrons. The van der Waals surface area contributed by atoms with Crippen LogP contribution in [-0.2, 0) is 6.42 Å². The predicted octanol–water partition coefficient (Wildman–Crippen LogP) is 4.12. The van der Waals surface area contributed by atoms with E-state index in [9.17, 15) is 13.6 Å². The van der Waals surface area contributed by atoms with Crippen molar-refractivity contribution in [3.8, 4) is 0 Å². The molecule has 1 fully saturated rings. The normalized spacial score (nSPS) is 17.4. The second-order valence-corrected chi connectivity index (χ2v) is 6.79. The van der Waals surface area contributed by atoms with Gasteiger partial charge in [-0.3, -0.25) is 4.79 Å². The smallest absolute Gasteiger partial charge is 0.170 e. The molecule has 138 valence electrons. The van der Waals surface area contributed by atoms with E-state index >= 15 is 0 Å². The Balaban J connectivity index is 1.85. The summed E-state index contributed by atoms with van der Waals surface area (Å²) in [5, 5.41) is 0. The number of carbonyl (C=O) groups is 1. The largest absolute Gasteiger partial charge is 0.356 e. The van der Waals surface area contributed by atoms with Crippen molar-refractivity contribution in [2.45, 2.75) is 39.5 Å². The fourth-order valence-corrected chi connectivity index (χ4v) is 3.49. The third-order valence-corrected chi connectivity index (χ3v) is 4.77. The van der Waals surface area contributed by atoms with Crippen LogP contribution in [0.1, 0.15) is 47.9 Å². The van der Waals surface area contributed by atoms with Gasteiger partial charge >= 0.3 is 0 Å². The Morgan fingerprint density at radius 2 is 2.15 bits per heavy atom. The van der Waals surface area contributed by atoms with Gasteiger partial charge in [0.15, 0.2) is 5.78 Å². The molecule has 2 aromatic rings. The van der Waals surface area contributed by atoms with Crippen LogP contribution < -0.4 is 4.90 Å². The fraction of sp³-hybridized carbons (Fsp3) is 0.450. The molecule has 0 amide bonds. The Morgan fingerprint density at radius 3 is 2.92 bits per heavy atom. The van der Waals surface area contributed by atoms with Crippen LogP contribution in [0.15, 0.2) is 24.4 Å². The van der Waals surface area contributed by atoms with Crippen LogP contribution in [0, 0.1) is 24.5 Å². The molecular formula is C20H23F2N3O. The van der Waals surface area contributed by atoms with Crippen LogP contribution in [0.25, 0.3) is 0 Å². The minimum Gasteiger partial charge on any atom is -0.356 e. The summed E-state index contributed by atoms with van der Waals surface area (Å²) in [6, 6.07) is 3.03. The Morgan fingerprint density at radius 1 is 1.35 bits per heavy atom. The van der Waals surface area contributed by atoms with Crippen LogP contribution in [0.5, 0.6) is 0 Å². The zero-order valence-electron chi connectivity index (χ0n) is 15.1. The number of carbonyl (C=O) groups excluding carboxylic acids is 1. The lowest BCUT2D eigenvalue weighted by atomic mass is 9.89. The van der Waals surface area contributed by atoms with Crippen molar-refractivity contribution in [3.63, 3.8) is 0 Å². The van der Waals surface area contributed by atoms with Gasteiger partial charge in [-0.2, -0.15) is 0 Å². The summed E-state index contributed by atoms with van der Waals surface area (Å²) in [4.78, 5) is 23.7. The van der Waals surface area contributed by atoms with Crippen molar-refractivity contribution >= 4 is 11.6 Å². The number of benzene rings is 1. The highest BCUT2D eigenvalue weighted by Crippen LogP contribution is 2.28. The van der Waals surface area contributed by atoms with Crippen molar-refractivity contribution in [2.24, 2.45) is 5.92 Å². The Labute approximate surface area is 152 Å². The van der Waals surface area contributed by atoms with E-state index < -0.39 is 11.6 Å². The first-order valence-corrected chi connectivity index (χ1v) is 9.06. The number of ketones is 1. The monoisotopic (exact) mass is 359 g/mol. The molecular weight excluding hydrogens is 336 g/mol. The van der Waals surface area contributed by atoms with Gasteiger partial charge in [0.25, 0.3) is 0 Å². The lowest BCUT2D eigenvalue weighted by Gasteiger charge is -2.34. The maximum atomic E-state index is 14.0. The molecule has 26 heavy (non-hydrogen) atoms. The van der Waals surface area contributed by atoms with Crippen molar-refractivity contribution in [3.05, 3.63) is 53.0 Å². The molecule has 0 spiro atoms. The minimum absolute atomic E-state index is 0.163. The number of rotatable bonds is 5. The van der Waals surface area contributed by atoms with Crippen molar-refractivity contribution in [1.82, 2.24) is 9.97 Å². The molecule has 4 nitrogen and oxygen atoms in total. The van der Waals surface area contributed by atoms with Gasteiger partial charge in [-0.1, -0.05) is 13.3 Å². The van der Waals surface area contributed by atoms with Gasteiger partial charge in [0.05, 0.1) is 5.56 Å². The van der Waals surface area contributed by atoms with E-state index in [1.807, 2.05) is 13.1 Å². The molecule has 3 rings (SSSR count). The van der Waals surface area contributed by atoms with Crippen LogP contribution >= 0.6 is 0 Å². The van der Waals surface area contributed by atoms with Crippen molar-refractivity contribution in [2.75, 3.05) is 18.0 Å². The third kappa shape index (κ3) is 3.89. The standard InChI is InChI=1S/C20H23F2N3O/c1-3-5-14-11-23-13(2)24-20(14)25-9-4-6-15(12-25)19(26)17-10-16(21)7-8-18(17)22/h7-8,10-11,15H,3-6,9,12H2,1-2H3/t15-/m1/s1. The lowest BCUT2D eigenvalue weighted by molar-refractivity contribution is 0.0902. The molecule has 1 aliphatic heterocycles. The number of hydrogen-bond donors (Lipinski definition) is 0. The van der Waals surface area contributed by atoms with Gasteiger partial charge in [-0.05, 0) is 44.4 Å². The summed E-state index contributed by atoms with van der Waals surface area (Å²) in [6.45, 7) is 5.19. The quantitative estimate of drug-likeness (QED) is 0.754. The second-order valence-electron chi connectivity index (χ2n) is 6.79. The number of Topliss-reactive ketones (excluding diaryl/α,β-unsaturated/α-hetero) is 1. The molecule has 0 N–H and O–H groups in total.